The standard InChI is InChI=1S/C15H21Cl2N3O/c1-10-5-6-12(16)15(14(10)17)19-13(21)9-20(2)11-4-3-7-18-8-11/h5-6,11,18H,3-4,7-9H2,1-2H3,(H,19,21). The van der Waals surface area contributed by atoms with E-state index in [9.17, 15) is 4.79 Å². The third kappa shape index (κ3) is 4.33. The summed E-state index contributed by atoms with van der Waals surface area (Å²) in [6.07, 6.45) is 2.26. The summed E-state index contributed by atoms with van der Waals surface area (Å²) in [7, 11) is 1.97. The quantitative estimate of drug-likeness (QED) is 0.892. The number of carbonyl (C=O) groups is 1. The zero-order valence-electron chi connectivity index (χ0n) is 12.4. The molecule has 1 heterocycles. The highest BCUT2D eigenvalue weighted by molar-refractivity contribution is 6.40. The largest absolute Gasteiger partial charge is 0.322 e. The summed E-state index contributed by atoms with van der Waals surface area (Å²) in [6.45, 7) is 4.20. The predicted octanol–water partition coefficient (Wildman–Crippen LogP) is 2.92. The Hall–Kier alpha value is -0.810. The highest BCUT2D eigenvalue weighted by Gasteiger charge is 2.20. The van der Waals surface area contributed by atoms with Crippen molar-refractivity contribution in [2.45, 2.75) is 25.8 Å². The molecule has 1 aliphatic heterocycles. The zero-order valence-corrected chi connectivity index (χ0v) is 13.9. The number of piperidine rings is 1. The zero-order chi connectivity index (χ0) is 15.4. The van der Waals surface area contributed by atoms with E-state index in [-0.39, 0.29) is 5.91 Å². The number of benzene rings is 1. The number of rotatable bonds is 4. The van der Waals surface area contributed by atoms with Gasteiger partial charge in [-0.15, -0.1) is 0 Å². The smallest absolute Gasteiger partial charge is 0.238 e. The molecule has 2 N–H and O–H groups in total. The first kappa shape index (κ1) is 16.6. The highest BCUT2D eigenvalue weighted by atomic mass is 35.5. The Morgan fingerprint density at radius 1 is 1.48 bits per heavy atom. The lowest BCUT2D eigenvalue weighted by atomic mass is 10.1. The van der Waals surface area contributed by atoms with Crippen molar-refractivity contribution in [3.63, 3.8) is 0 Å². The average Bonchev–Trinajstić information content (AvgIpc) is 2.48. The van der Waals surface area contributed by atoms with Gasteiger partial charge in [-0.2, -0.15) is 0 Å². The van der Waals surface area contributed by atoms with Crippen LogP contribution in [0.4, 0.5) is 5.69 Å². The summed E-state index contributed by atoms with van der Waals surface area (Å²) in [4.78, 5) is 14.3. The third-order valence-electron chi connectivity index (χ3n) is 3.84. The van der Waals surface area contributed by atoms with Gasteiger partial charge in [0.05, 0.1) is 22.3 Å². The van der Waals surface area contributed by atoms with Crippen LogP contribution in [0.15, 0.2) is 12.1 Å². The molecule has 1 aliphatic rings. The molecule has 0 saturated carbocycles. The van der Waals surface area contributed by atoms with Crippen LogP contribution in [0.2, 0.25) is 10.0 Å². The Morgan fingerprint density at radius 3 is 2.90 bits per heavy atom. The van der Waals surface area contributed by atoms with Crippen LogP contribution in [0, 0.1) is 6.92 Å². The minimum Gasteiger partial charge on any atom is -0.322 e. The SMILES string of the molecule is Cc1ccc(Cl)c(NC(=O)CN(C)C2CCCNC2)c1Cl. The molecule has 0 radical (unpaired) electrons. The van der Waals surface area contributed by atoms with Gasteiger partial charge in [0.25, 0.3) is 0 Å². The number of carbonyl (C=O) groups excluding carboxylic acids is 1. The van der Waals surface area contributed by atoms with Crippen LogP contribution in [0.5, 0.6) is 0 Å². The lowest BCUT2D eigenvalue weighted by Gasteiger charge is -2.31. The molecule has 6 heteroatoms. The van der Waals surface area contributed by atoms with E-state index in [0.717, 1.165) is 31.5 Å². The first-order valence-electron chi connectivity index (χ1n) is 7.14. The second-order valence-electron chi connectivity index (χ2n) is 5.52. The lowest BCUT2D eigenvalue weighted by Crippen LogP contribution is -2.46. The van der Waals surface area contributed by atoms with Crippen molar-refractivity contribution in [1.82, 2.24) is 10.2 Å². The van der Waals surface area contributed by atoms with E-state index in [2.05, 4.69) is 15.5 Å². The molecule has 2 rings (SSSR count). The summed E-state index contributed by atoms with van der Waals surface area (Å²) in [5.41, 5.74) is 1.39. The Morgan fingerprint density at radius 2 is 2.24 bits per heavy atom. The van der Waals surface area contributed by atoms with Crippen LogP contribution in [0.1, 0.15) is 18.4 Å². The minimum absolute atomic E-state index is 0.0996. The van der Waals surface area contributed by atoms with Crippen molar-refractivity contribution < 1.29 is 4.79 Å². The van der Waals surface area contributed by atoms with Gasteiger partial charge in [0.2, 0.25) is 5.91 Å². The summed E-state index contributed by atoms with van der Waals surface area (Å²) in [5, 5.41) is 7.13. The molecular formula is C15H21Cl2N3O. The van der Waals surface area contributed by atoms with Crippen molar-refractivity contribution >= 4 is 34.8 Å². The number of hydrogen-bond acceptors (Lipinski definition) is 3. The molecule has 21 heavy (non-hydrogen) atoms. The number of likely N-dealkylation sites (N-methyl/N-ethyl adjacent to an activating group) is 1. The Bertz CT molecular complexity index is 516. The summed E-state index contributed by atoms with van der Waals surface area (Å²) < 4.78 is 0. The normalized spacial score (nSPS) is 18.8. The topological polar surface area (TPSA) is 44.4 Å². The molecule has 4 nitrogen and oxygen atoms in total. The van der Waals surface area contributed by atoms with E-state index in [1.54, 1.807) is 6.07 Å². The molecule has 0 aliphatic carbocycles. The molecule has 1 aromatic carbocycles. The molecule has 1 amide bonds. The Balaban J connectivity index is 1.97. The molecule has 1 fully saturated rings. The van der Waals surface area contributed by atoms with E-state index in [4.69, 9.17) is 23.2 Å². The van der Waals surface area contributed by atoms with Gasteiger partial charge < -0.3 is 10.6 Å². The minimum atomic E-state index is -0.0996. The number of nitrogens with zero attached hydrogens (tertiary/aromatic N) is 1. The fourth-order valence-corrected chi connectivity index (χ4v) is 2.98. The van der Waals surface area contributed by atoms with Crippen LogP contribution in [-0.4, -0.2) is 43.5 Å². The van der Waals surface area contributed by atoms with Crippen LogP contribution < -0.4 is 10.6 Å². The maximum atomic E-state index is 12.2. The second kappa shape index (κ2) is 7.45. The average molecular weight is 330 g/mol. The fourth-order valence-electron chi connectivity index (χ4n) is 2.52. The number of nitrogens with one attached hydrogen (secondary N) is 2. The van der Waals surface area contributed by atoms with Gasteiger partial charge in [0, 0.05) is 12.6 Å². The van der Waals surface area contributed by atoms with Crippen molar-refractivity contribution in [3.05, 3.63) is 27.7 Å². The van der Waals surface area contributed by atoms with Gasteiger partial charge in [-0.1, -0.05) is 29.3 Å². The van der Waals surface area contributed by atoms with Crippen molar-refractivity contribution in [2.75, 3.05) is 32.0 Å². The number of hydrogen-bond donors (Lipinski definition) is 2. The molecule has 1 saturated heterocycles. The number of anilines is 1. The van der Waals surface area contributed by atoms with Crippen LogP contribution in [-0.2, 0) is 4.79 Å². The van der Waals surface area contributed by atoms with E-state index >= 15 is 0 Å². The van der Waals surface area contributed by atoms with Crippen molar-refractivity contribution in [1.29, 1.82) is 0 Å². The molecule has 1 atom stereocenters. The molecule has 116 valence electrons. The molecule has 0 bridgehead atoms. The molecule has 0 aromatic heterocycles. The van der Waals surface area contributed by atoms with Gasteiger partial charge in [0.1, 0.15) is 0 Å². The van der Waals surface area contributed by atoms with Gasteiger partial charge in [-0.25, -0.2) is 0 Å². The number of aryl methyl sites for hydroxylation is 1. The van der Waals surface area contributed by atoms with E-state index in [1.165, 1.54) is 0 Å². The summed E-state index contributed by atoms with van der Waals surface area (Å²) in [6, 6.07) is 3.97. The maximum absolute atomic E-state index is 12.2. The summed E-state index contributed by atoms with van der Waals surface area (Å²) in [5.74, 6) is -0.0996. The first-order chi connectivity index (χ1) is 9.99. The number of amides is 1. The van der Waals surface area contributed by atoms with E-state index in [0.29, 0.717) is 28.3 Å². The molecule has 1 aromatic rings. The lowest BCUT2D eigenvalue weighted by molar-refractivity contribution is -0.117. The third-order valence-corrected chi connectivity index (χ3v) is 4.64. The van der Waals surface area contributed by atoms with Gasteiger partial charge in [-0.05, 0) is 45.0 Å². The van der Waals surface area contributed by atoms with E-state index < -0.39 is 0 Å². The highest BCUT2D eigenvalue weighted by Crippen LogP contribution is 2.32. The molecule has 0 spiro atoms. The van der Waals surface area contributed by atoms with E-state index in [1.807, 2.05) is 20.0 Å². The van der Waals surface area contributed by atoms with Crippen LogP contribution in [0.25, 0.3) is 0 Å². The number of halogens is 2. The predicted molar refractivity (Wildman–Crippen MR) is 88.4 cm³/mol. The second-order valence-corrected chi connectivity index (χ2v) is 6.30. The molecule has 1 unspecified atom stereocenters. The first-order valence-corrected chi connectivity index (χ1v) is 7.90. The van der Waals surface area contributed by atoms with Gasteiger partial charge >= 0.3 is 0 Å². The maximum Gasteiger partial charge on any atom is 0.238 e. The molecular weight excluding hydrogens is 309 g/mol. The van der Waals surface area contributed by atoms with Crippen LogP contribution in [0.3, 0.4) is 0 Å². The fraction of sp³-hybridized carbons (Fsp3) is 0.533. The Kier molecular flexibility index (Phi) is 5.88. The van der Waals surface area contributed by atoms with Crippen molar-refractivity contribution in [3.8, 4) is 0 Å². The van der Waals surface area contributed by atoms with Crippen LogP contribution >= 0.6 is 23.2 Å². The van der Waals surface area contributed by atoms with Gasteiger partial charge in [0.15, 0.2) is 0 Å². The van der Waals surface area contributed by atoms with Gasteiger partial charge in [-0.3, -0.25) is 9.69 Å². The van der Waals surface area contributed by atoms with Crippen molar-refractivity contribution in [2.24, 2.45) is 0 Å². The summed E-state index contributed by atoms with van der Waals surface area (Å²) >= 11 is 12.3. The Labute approximate surface area is 135 Å². The monoisotopic (exact) mass is 329 g/mol.